The first-order valence-corrected chi connectivity index (χ1v) is 4.58. The van der Waals surface area contributed by atoms with Gasteiger partial charge in [-0.15, -0.1) is 0 Å². The van der Waals surface area contributed by atoms with Crippen LogP contribution in [0.1, 0.15) is 21.7 Å². The summed E-state index contributed by atoms with van der Waals surface area (Å²) in [5.74, 6) is -1.63. The molecule has 0 saturated carbocycles. The summed E-state index contributed by atoms with van der Waals surface area (Å²) in [6, 6.07) is 0. The van der Waals surface area contributed by atoms with E-state index in [-0.39, 0.29) is 5.69 Å². The van der Waals surface area contributed by atoms with E-state index in [1.54, 1.807) is 0 Å². The molecule has 1 rings (SSSR count). The molecule has 1 aromatic rings. The first kappa shape index (κ1) is 13.1. The Morgan fingerprint density at radius 1 is 1.31 bits per heavy atom. The Bertz CT molecular complexity index is 460. The predicted molar refractivity (Wildman–Crippen MR) is 51.0 cm³/mol. The van der Waals surface area contributed by atoms with Crippen molar-refractivity contribution >= 4 is 29.2 Å². The molecule has 0 fully saturated rings. The van der Waals surface area contributed by atoms with Gasteiger partial charge in [0.05, 0.1) is 15.7 Å². The molecule has 0 unspecified atom stereocenters. The van der Waals surface area contributed by atoms with Crippen LogP contribution in [0.2, 0.25) is 10.0 Å². The van der Waals surface area contributed by atoms with Gasteiger partial charge < -0.3 is 5.11 Å². The largest absolute Gasteiger partial charge is 0.478 e. The zero-order valence-corrected chi connectivity index (χ0v) is 9.20. The maximum atomic E-state index is 12.4. The van der Waals surface area contributed by atoms with Crippen LogP contribution in [0.15, 0.2) is 0 Å². The smallest absolute Gasteiger partial charge is 0.434 e. The van der Waals surface area contributed by atoms with Crippen molar-refractivity contribution in [3.8, 4) is 0 Å². The van der Waals surface area contributed by atoms with Crippen LogP contribution in [-0.4, -0.2) is 16.1 Å². The number of aromatic nitrogens is 1. The summed E-state index contributed by atoms with van der Waals surface area (Å²) < 4.78 is 37.3. The van der Waals surface area contributed by atoms with Crippen LogP contribution in [0, 0.1) is 6.92 Å². The van der Waals surface area contributed by atoms with Gasteiger partial charge in [-0.3, -0.25) is 0 Å². The fourth-order valence-corrected chi connectivity index (χ4v) is 1.63. The summed E-state index contributed by atoms with van der Waals surface area (Å²) in [5, 5.41) is 7.30. The lowest BCUT2D eigenvalue weighted by atomic mass is 10.2. The molecule has 0 bridgehead atoms. The first-order chi connectivity index (χ1) is 7.16. The summed E-state index contributed by atoms with van der Waals surface area (Å²) in [7, 11) is 0. The Morgan fingerprint density at radius 3 is 2.19 bits per heavy atom. The number of aryl methyl sites for hydroxylation is 1. The van der Waals surface area contributed by atoms with Gasteiger partial charge in [-0.05, 0) is 6.92 Å². The van der Waals surface area contributed by atoms with E-state index in [1.165, 1.54) is 6.92 Å². The predicted octanol–water partition coefficient (Wildman–Crippen LogP) is 3.41. The van der Waals surface area contributed by atoms with Gasteiger partial charge in [-0.25, -0.2) is 9.78 Å². The molecule has 0 spiro atoms. The highest BCUT2D eigenvalue weighted by molar-refractivity contribution is 6.39. The van der Waals surface area contributed by atoms with E-state index in [2.05, 4.69) is 4.98 Å². The SMILES string of the molecule is Cc1nc(C(F)(F)F)c(Cl)c(C(=O)O)c1Cl. The summed E-state index contributed by atoms with van der Waals surface area (Å²) in [6.07, 6.45) is -4.82. The Hall–Kier alpha value is -1.01. The van der Waals surface area contributed by atoms with Crippen molar-refractivity contribution in [1.29, 1.82) is 0 Å². The number of aromatic carboxylic acids is 1. The van der Waals surface area contributed by atoms with Gasteiger partial charge in [-0.2, -0.15) is 13.2 Å². The molecule has 0 aliphatic carbocycles. The van der Waals surface area contributed by atoms with Crippen molar-refractivity contribution in [2.75, 3.05) is 0 Å². The standard InChI is InChI=1S/C8H4Cl2F3NO2/c1-2-4(9)3(7(15)16)5(10)6(14-2)8(11,12)13/h1H3,(H,15,16). The number of hydrogen-bond donors (Lipinski definition) is 1. The van der Waals surface area contributed by atoms with Gasteiger partial charge in [0.25, 0.3) is 0 Å². The van der Waals surface area contributed by atoms with Gasteiger partial charge in [0.15, 0.2) is 5.69 Å². The van der Waals surface area contributed by atoms with E-state index >= 15 is 0 Å². The van der Waals surface area contributed by atoms with E-state index in [9.17, 15) is 18.0 Å². The Balaban J connectivity index is 3.64. The van der Waals surface area contributed by atoms with Crippen molar-refractivity contribution in [3.63, 3.8) is 0 Å². The third-order valence-corrected chi connectivity index (χ3v) is 2.56. The minimum absolute atomic E-state index is 0.240. The molecule has 0 amide bonds. The Morgan fingerprint density at radius 2 is 1.81 bits per heavy atom. The summed E-state index contributed by atoms with van der Waals surface area (Å²) in [5.41, 5.74) is -2.48. The highest BCUT2D eigenvalue weighted by atomic mass is 35.5. The molecule has 0 aromatic carbocycles. The molecular weight excluding hydrogens is 270 g/mol. The monoisotopic (exact) mass is 273 g/mol. The molecule has 0 aliphatic heterocycles. The molecule has 3 nitrogen and oxygen atoms in total. The minimum Gasteiger partial charge on any atom is -0.478 e. The van der Waals surface area contributed by atoms with Crippen LogP contribution < -0.4 is 0 Å². The van der Waals surface area contributed by atoms with Crippen LogP contribution in [-0.2, 0) is 6.18 Å². The van der Waals surface area contributed by atoms with Gasteiger partial charge in [0.1, 0.15) is 5.56 Å². The first-order valence-electron chi connectivity index (χ1n) is 3.82. The maximum Gasteiger partial charge on any atom is 0.434 e. The molecule has 0 aliphatic rings. The van der Waals surface area contributed by atoms with Crippen LogP contribution in [0.4, 0.5) is 13.2 Å². The van der Waals surface area contributed by atoms with Crippen LogP contribution in [0.5, 0.6) is 0 Å². The second-order valence-electron chi connectivity index (χ2n) is 2.85. The normalized spacial score (nSPS) is 11.6. The van der Waals surface area contributed by atoms with Crippen molar-refractivity contribution in [2.45, 2.75) is 13.1 Å². The second-order valence-corrected chi connectivity index (χ2v) is 3.61. The molecule has 8 heteroatoms. The van der Waals surface area contributed by atoms with Gasteiger partial charge in [-0.1, -0.05) is 23.2 Å². The van der Waals surface area contributed by atoms with E-state index in [0.29, 0.717) is 0 Å². The van der Waals surface area contributed by atoms with Gasteiger partial charge in [0, 0.05) is 0 Å². The van der Waals surface area contributed by atoms with Crippen molar-refractivity contribution in [2.24, 2.45) is 0 Å². The molecule has 1 N–H and O–H groups in total. The number of rotatable bonds is 1. The number of hydrogen-bond acceptors (Lipinski definition) is 2. The topological polar surface area (TPSA) is 50.2 Å². The third kappa shape index (κ3) is 2.22. The fraction of sp³-hybridized carbons (Fsp3) is 0.250. The number of carbonyl (C=O) groups is 1. The Kier molecular flexibility index (Phi) is 3.35. The van der Waals surface area contributed by atoms with Crippen molar-refractivity contribution < 1.29 is 23.1 Å². The molecule has 1 heterocycles. The highest BCUT2D eigenvalue weighted by Crippen LogP contribution is 2.38. The Labute approximate surface area is 97.8 Å². The molecule has 1 aromatic heterocycles. The third-order valence-electron chi connectivity index (χ3n) is 1.73. The van der Waals surface area contributed by atoms with Crippen molar-refractivity contribution in [1.82, 2.24) is 4.98 Å². The minimum atomic E-state index is -4.82. The zero-order valence-electron chi connectivity index (χ0n) is 7.69. The number of halogens is 5. The lowest BCUT2D eigenvalue weighted by molar-refractivity contribution is -0.141. The van der Waals surface area contributed by atoms with Crippen molar-refractivity contribution in [3.05, 3.63) is 27.0 Å². The average molecular weight is 274 g/mol. The van der Waals surface area contributed by atoms with Crippen LogP contribution in [0.25, 0.3) is 0 Å². The number of carboxylic acid groups (broad SMARTS) is 1. The van der Waals surface area contributed by atoms with Crippen LogP contribution in [0.3, 0.4) is 0 Å². The molecule has 0 saturated heterocycles. The van der Waals surface area contributed by atoms with E-state index in [4.69, 9.17) is 28.3 Å². The zero-order chi connectivity index (χ0) is 12.7. The summed E-state index contributed by atoms with van der Waals surface area (Å²) in [6.45, 7) is 1.17. The average Bonchev–Trinajstić information content (AvgIpc) is 2.09. The second kappa shape index (κ2) is 4.10. The van der Waals surface area contributed by atoms with Gasteiger partial charge >= 0.3 is 12.1 Å². The quantitative estimate of drug-likeness (QED) is 0.853. The lowest BCUT2D eigenvalue weighted by Gasteiger charge is -2.12. The molecule has 16 heavy (non-hydrogen) atoms. The highest BCUT2D eigenvalue weighted by Gasteiger charge is 2.38. The fourth-order valence-electron chi connectivity index (χ4n) is 1.04. The number of nitrogens with zero attached hydrogens (tertiary/aromatic N) is 1. The molecule has 0 radical (unpaired) electrons. The summed E-state index contributed by atoms with van der Waals surface area (Å²) in [4.78, 5) is 13.8. The number of pyridine rings is 1. The maximum absolute atomic E-state index is 12.4. The lowest BCUT2D eigenvalue weighted by Crippen LogP contribution is -2.14. The molecule has 0 atom stereocenters. The van der Waals surface area contributed by atoms with Gasteiger partial charge in [0.2, 0.25) is 0 Å². The van der Waals surface area contributed by atoms with Crippen LogP contribution >= 0.6 is 23.2 Å². The number of carboxylic acids is 1. The number of alkyl halides is 3. The molecule has 88 valence electrons. The molecular formula is C8H4Cl2F3NO2. The van der Waals surface area contributed by atoms with E-state index in [1.807, 2.05) is 0 Å². The van der Waals surface area contributed by atoms with E-state index in [0.717, 1.165) is 0 Å². The van der Waals surface area contributed by atoms with E-state index < -0.39 is 33.4 Å². The summed E-state index contributed by atoms with van der Waals surface area (Å²) >= 11 is 10.8.